The molecule has 5 nitrogen and oxygen atoms in total. The first-order valence-electron chi connectivity index (χ1n) is 11.8. The number of allylic oxidation sites excluding steroid dienone is 4. The number of hydrogen-bond donors (Lipinski definition) is 2. The van der Waals surface area contributed by atoms with Gasteiger partial charge in [0.05, 0.1) is 12.7 Å². The molecule has 0 fully saturated rings. The van der Waals surface area contributed by atoms with Gasteiger partial charge in [-0.15, -0.1) is 0 Å². The molecule has 0 heterocycles. The lowest BCUT2D eigenvalue weighted by atomic mass is 9.92. The molecular formula is C28H42O5. The third-order valence-corrected chi connectivity index (χ3v) is 5.81. The molecule has 5 heteroatoms. The maximum Gasteiger partial charge on any atom is 0.159 e. The summed E-state index contributed by atoms with van der Waals surface area (Å²) in [4.78, 5) is 24.6. The molecule has 2 N–H and O–H groups in total. The highest BCUT2D eigenvalue weighted by Crippen LogP contribution is 2.29. The molecule has 0 radical (unpaired) electrons. The number of phenolic OH excluding ortho intramolecular Hbond substituents is 1. The van der Waals surface area contributed by atoms with Gasteiger partial charge >= 0.3 is 0 Å². The fraction of sp³-hybridized carbons (Fsp3) is 0.571. The molecule has 1 aromatic carbocycles. The van der Waals surface area contributed by atoms with Crippen molar-refractivity contribution >= 4 is 11.6 Å². The van der Waals surface area contributed by atoms with Crippen LogP contribution in [0.15, 0.2) is 35.4 Å². The molecule has 184 valence electrons. The predicted octanol–water partition coefficient (Wildman–Crippen LogP) is 6.03. The molecule has 0 aliphatic heterocycles. The minimum Gasteiger partial charge on any atom is -0.508 e. The lowest BCUT2D eigenvalue weighted by Gasteiger charge is -2.17. The minimum absolute atomic E-state index is 0.0286. The van der Waals surface area contributed by atoms with Crippen LogP contribution >= 0.6 is 0 Å². The van der Waals surface area contributed by atoms with Gasteiger partial charge in [-0.3, -0.25) is 9.59 Å². The number of ether oxygens (including phenoxy) is 1. The van der Waals surface area contributed by atoms with Gasteiger partial charge in [-0.1, -0.05) is 24.1 Å². The Labute approximate surface area is 199 Å². The molecule has 0 aromatic heterocycles. The Hall–Kier alpha value is -2.40. The standard InChI is InChI=1S/C28H42O5/c1-19(9-8-10-21(3)26(31)13-14-28(5,6)32)15-24(29)16-20(2)11-12-23-18-25(30)17-22(4)27(23)33-7/h11,15,17-18,21,30,32H,8-10,12-14,16H2,1-7H3/b19-15+,20-11+. The van der Waals surface area contributed by atoms with E-state index in [1.807, 2.05) is 33.8 Å². The Morgan fingerprint density at radius 2 is 1.82 bits per heavy atom. The first-order chi connectivity index (χ1) is 15.3. The SMILES string of the molecule is COc1c(C)cc(O)cc1C/C=C(\C)CC(=O)/C=C(\C)CCCC(C)C(=O)CCC(C)(C)O. The summed E-state index contributed by atoms with van der Waals surface area (Å²) in [6, 6.07) is 3.36. The second-order valence-corrected chi connectivity index (χ2v) is 9.92. The highest BCUT2D eigenvalue weighted by atomic mass is 16.5. The number of rotatable bonds is 14. The van der Waals surface area contributed by atoms with Crippen molar-refractivity contribution in [3.63, 3.8) is 0 Å². The molecule has 1 aromatic rings. The van der Waals surface area contributed by atoms with Crippen molar-refractivity contribution in [2.75, 3.05) is 7.11 Å². The quantitative estimate of drug-likeness (QED) is 0.263. The van der Waals surface area contributed by atoms with Crippen LogP contribution in [0.1, 0.15) is 84.3 Å². The number of aliphatic hydroxyl groups is 1. The second-order valence-electron chi connectivity index (χ2n) is 9.92. The van der Waals surface area contributed by atoms with Gasteiger partial charge in [0.15, 0.2) is 5.78 Å². The number of benzene rings is 1. The van der Waals surface area contributed by atoms with Crippen LogP contribution < -0.4 is 4.74 Å². The second kappa shape index (κ2) is 13.3. The number of carbonyl (C=O) groups is 2. The van der Waals surface area contributed by atoms with Crippen LogP contribution in [0.5, 0.6) is 11.5 Å². The largest absolute Gasteiger partial charge is 0.508 e. The van der Waals surface area contributed by atoms with Gasteiger partial charge in [0.2, 0.25) is 0 Å². The van der Waals surface area contributed by atoms with Crippen molar-refractivity contribution in [3.05, 3.63) is 46.6 Å². The zero-order chi connectivity index (χ0) is 25.2. The van der Waals surface area contributed by atoms with Crippen LogP contribution in [0.3, 0.4) is 0 Å². The van der Waals surface area contributed by atoms with E-state index in [-0.39, 0.29) is 23.2 Å². The normalized spacial score (nSPS) is 13.7. The fourth-order valence-corrected chi connectivity index (χ4v) is 3.82. The molecule has 1 atom stereocenters. The van der Waals surface area contributed by atoms with Crippen LogP contribution in [-0.2, 0) is 16.0 Å². The summed E-state index contributed by atoms with van der Waals surface area (Å²) in [6.07, 6.45) is 7.95. The maximum absolute atomic E-state index is 12.4. The van der Waals surface area contributed by atoms with Crippen molar-refractivity contribution in [1.82, 2.24) is 0 Å². The lowest BCUT2D eigenvalue weighted by molar-refractivity contribution is -0.123. The van der Waals surface area contributed by atoms with Gasteiger partial charge in [-0.2, -0.15) is 0 Å². The molecule has 0 bridgehead atoms. The smallest absolute Gasteiger partial charge is 0.159 e. The zero-order valence-electron chi connectivity index (χ0n) is 21.5. The maximum atomic E-state index is 12.4. The van der Waals surface area contributed by atoms with Gasteiger partial charge in [-0.25, -0.2) is 0 Å². The Kier molecular flexibility index (Phi) is 11.6. The van der Waals surface area contributed by atoms with Crippen molar-refractivity contribution < 1.29 is 24.5 Å². The summed E-state index contributed by atoms with van der Waals surface area (Å²) >= 11 is 0. The van der Waals surface area contributed by atoms with E-state index >= 15 is 0 Å². The van der Waals surface area contributed by atoms with E-state index in [4.69, 9.17) is 4.74 Å². The van der Waals surface area contributed by atoms with Gasteiger partial charge in [0.1, 0.15) is 17.3 Å². The molecule has 0 aliphatic carbocycles. The van der Waals surface area contributed by atoms with Crippen LogP contribution in [0, 0.1) is 12.8 Å². The number of aromatic hydroxyl groups is 1. The third-order valence-electron chi connectivity index (χ3n) is 5.81. The summed E-state index contributed by atoms with van der Waals surface area (Å²) in [7, 11) is 1.61. The summed E-state index contributed by atoms with van der Waals surface area (Å²) in [6.45, 7) is 11.2. The van der Waals surface area contributed by atoms with Crippen LogP contribution in [0.25, 0.3) is 0 Å². The number of aryl methyl sites for hydroxylation is 1. The zero-order valence-corrected chi connectivity index (χ0v) is 21.5. The van der Waals surface area contributed by atoms with E-state index < -0.39 is 5.60 Å². The van der Waals surface area contributed by atoms with Crippen molar-refractivity contribution in [2.24, 2.45) is 5.92 Å². The summed E-state index contributed by atoms with van der Waals surface area (Å²) < 4.78 is 5.45. The minimum atomic E-state index is -0.810. The molecule has 0 saturated heterocycles. The Bertz CT molecular complexity index is 871. The average Bonchev–Trinajstić information content (AvgIpc) is 2.69. The van der Waals surface area contributed by atoms with Gasteiger partial charge < -0.3 is 14.9 Å². The van der Waals surface area contributed by atoms with E-state index in [1.165, 1.54) is 0 Å². The molecule has 0 amide bonds. The Balaban J connectivity index is 2.51. The van der Waals surface area contributed by atoms with Crippen molar-refractivity contribution in [2.45, 2.75) is 92.1 Å². The van der Waals surface area contributed by atoms with Crippen LogP contribution in [0.4, 0.5) is 0 Å². The average molecular weight is 459 g/mol. The van der Waals surface area contributed by atoms with E-state index in [0.717, 1.165) is 47.3 Å². The van der Waals surface area contributed by atoms with Crippen molar-refractivity contribution in [1.29, 1.82) is 0 Å². The highest BCUT2D eigenvalue weighted by molar-refractivity contribution is 5.91. The van der Waals surface area contributed by atoms with E-state index in [2.05, 4.69) is 0 Å². The number of phenols is 1. The number of carbonyl (C=O) groups excluding carboxylic acids is 2. The molecule has 0 aliphatic rings. The Morgan fingerprint density at radius 1 is 1.15 bits per heavy atom. The number of methoxy groups -OCH3 is 1. The van der Waals surface area contributed by atoms with Gasteiger partial charge in [0, 0.05) is 24.3 Å². The molecule has 1 rings (SSSR count). The summed E-state index contributed by atoms with van der Waals surface area (Å²) in [5, 5.41) is 19.6. The molecular weight excluding hydrogens is 416 g/mol. The monoisotopic (exact) mass is 458 g/mol. The Morgan fingerprint density at radius 3 is 2.42 bits per heavy atom. The van der Waals surface area contributed by atoms with Crippen molar-refractivity contribution in [3.8, 4) is 11.5 Å². The highest BCUT2D eigenvalue weighted by Gasteiger charge is 2.18. The lowest BCUT2D eigenvalue weighted by Crippen LogP contribution is -2.22. The molecule has 0 spiro atoms. The first kappa shape index (κ1) is 28.6. The predicted molar refractivity (Wildman–Crippen MR) is 134 cm³/mol. The van der Waals surface area contributed by atoms with Crippen LogP contribution in [0.2, 0.25) is 0 Å². The van der Waals surface area contributed by atoms with Gasteiger partial charge in [0.25, 0.3) is 0 Å². The fourth-order valence-electron chi connectivity index (χ4n) is 3.82. The number of ketones is 2. The van der Waals surface area contributed by atoms with Gasteiger partial charge in [-0.05, 0) is 90.5 Å². The molecule has 33 heavy (non-hydrogen) atoms. The third kappa shape index (κ3) is 11.3. The summed E-state index contributed by atoms with van der Waals surface area (Å²) in [5.41, 5.74) is 2.95. The number of Topliss-reactive ketones (excluding diaryl/α,β-unsaturated/α-hetero) is 1. The number of hydrogen-bond acceptors (Lipinski definition) is 5. The molecule has 1 unspecified atom stereocenters. The van der Waals surface area contributed by atoms with E-state index in [9.17, 15) is 19.8 Å². The topological polar surface area (TPSA) is 83.8 Å². The van der Waals surface area contributed by atoms with Crippen LogP contribution in [-0.4, -0.2) is 34.5 Å². The summed E-state index contributed by atoms with van der Waals surface area (Å²) in [5.74, 6) is 1.19. The van der Waals surface area contributed by atoms with E-state index in [1.54, 1.807) is 39.2 Å². The van der Waals surface area contributed by atoms with E-state index in [0.29, 0.717) is 25.7 Å². The molecule has 0 saturated carbocycles. The first-order valence-corrected chi connectivity index (χ1v) is 11.8.